The standard InChI is InChI=1S/C18H23N5O4S/c1-9-15(28-10(2)19-9)17(26)21-12-6-5-11(7-12)20-16(25)13-8-14(24)23(4)18(27)22(13)3/h8,11-12H,5-7H2,1-4H3,(H,20,25)(H,21,26)/t11-,12+/m1/s1. The molecule has 2 aromatic rings. The molecule has 1 saturated carbocycles. The summed E-state index contributed by atoms with van der Waals surface area (Å²) >= 11 is 1.36. The zero-order valence-electron chi connectivity index (χ0n) is 16.2. The fraction of sp³-hybridized carbons (Fsp3) is 0.500. The maximum atomic E-state index is 12.5. The molecule has 28 heavy (non-hydrogen) atoms. The van der Waals surface area contributed by atoms with E-state index in [0.717, 1.165) is 32.3 Å². The van der Waals surface area contributed by atoms with Crippen LogP contribution in [0.3, 0.4) is 0 Å². The minimum atomic E-state index is -0.551. The first-order chi connectivity index (χ1) is 13.2. The van der Waals surface area contributed by atoms with Gasteiger partial charge in [-0.2, -0.15) is 0 Å². The van der Waals surface area contributed by atoms with Crippen molar-refractivity contribution in [3.8, 4) is 0 Å². The van der Waals surface area contributed by atoms with Gasteiger partial charge in [0.15, 0.2) is 0 Å². The SMILES string of the molecule is Cc1nc(C)c(C(=O)N[C@H]2CC[C@@H](NC(=O)c3cc(=O)n(C)c(=O)n3C)C2)s1. The van der Waals surface area contributed by atoms with Crippen molar-refractivity contribution in [2.45, 2.75) is 45.2 Å². The second-order valence-corrected chi connectivity index (χ2v) is 8.27. The predicted octanol–water partition coefficient (Wildman–Crippen LogP) is 0.238. The summed E-state index contributed by atoms with van der Waals surface area (Å²) in [5.74, 6) is -0.614. The molecule has 2 amide bonds. The topological polar surface area (TPSA) is 115 Å². The van der Waals surface area contributed by atoms with E-state index in [9.17, 15) is 19.2 Å². The highest BCUT2D eigenvalue weighted by Crippen LogP contribution is 2.22. The van der Waals surface area contributed by atoms with Crippen LogP contribution in [0.15, 0.2) is 15.7 Å². The van der Waals surface area contributed by atoms with Crippen molar-refractivity contribution in [3.63, 3.8) is 0 Å². The van der Waals surface area contributed by atoms with Gasteiger partial charge in [-0.15, -0.1) is 11.3 Å². The minimum absolute atomic E-state index is 0.0244. The Morgan fingerprint density at radius 2 is 1.68 bits per heavy atom. The van der Waals surface area contributed by atoms with Crippen LogP contribution in [-0.4, -0.2) is 38.0 Å². The Morgan fingerprint density at radius 3 is 2.25 bits per heavy atom. The molecule has 150 valence electrons. The van der Waals surface area contributed by atoms with Crippen molar-refractivity contribution in [2.24, 2.45) is 14.1 Å². The van der Waals surface area contributed by atoms with E-state index in [1.54, 1.807) is 0 Å². The molecule has 2 N–H and O–H groups in total. The number of nitrogens with zero attached hydrogens (tertiary/aromatic N) is 3. The highest BCUT2D eigenvalue weighted by molar-refractivity contribution is 7.13. The van der Waals surface area contributed by atoms with Gasteiger partial charge in [-0.05, 0) is 33.1 Å². The van der Waals surface area contributed by atoms with Crippen molar-refractivity contribution in [2.75, 3.05) is 0 Å². The molecule has 0 unspecified atom stereocenters. The molecule has 2 atom stereocenters. The number of aromatic nitrogens is 3. The second-order valence-electron chi connectivity index (χ2n) is 7.07. The van der Waals surface area contributed by atoms with E-state index in [2.05, 4.69) is 15.6 Å². The molecule has 3 rings (SSSR count). The Kier molecular flexibility index (Phi) is 5.50. The van der Waals surface area contributed by atoms with Gasteiger partial charge in [0.25, 0.3) is 17.4 Å². The summed E-state index contributed by atoms with van der Waals surface area (Å²) in [6, 6.07) is 0.966. The molecule has 1 fully saturated rings. The second kappa shape index (κ2) is 7.70. The maximum Gasteiger partial charge on any atom is 0.331 e. The number of amides is 2. The van der Waals surface area contributed by atoms with Crippen molar-refractivity contribution in [1.82, 2.24) is 24.8 Å². The van der Waals surface area contributed by atoms with Crippen LogP contribution in [-0.2, 0) is 14.1 Å². The Bertz CT molecular complexity index is 1050. The zero-order valence-corrected chi connectivity index (χ0v) is 17.1. The van der Waals surface area contributed by atoms with Crippen LogP contribution in [0.1, 0.15) is 50.1 Å². The van der Waals surface area contributed by atoms with Crippen molar-refractivity contribution in [1.29, 1.82) is 0 Å². The van der Waals surface area contributed by atoms with Crippen molar-refractivity contribution in [3.05, 3.63) is 48.2 Å². The fourth-order valence-corrected chi connectivity index (χ4v) is 4.27. The maximum absolute atomic E-state index is 12.5. The molecule has 2 aromatic heterocycles. The number of nitrogens with one attached hydrogen (secondary N) is 2. The van der Waals surface area contributed by atoms with E-state index >= 15 is 0 Å². The lowest BCUT2D eigenvalue weighted by atomic mass is 10.2. The normalized spacial score (nSPS) is 18.9. The highest BCUT2D eigenvalue weighted by atomic mass is 32.1. The van der Waals surface area contributed by atoms with E-state index < -0.39 is 17.2 Å². The molecule has 10 heteroatoms. The third-order valence-corrected chi connectivity index (χ3v) is 6.04. The molecule has 0 bridgehead atoms. The number of carbonyl (C=O) groups excluding carboxylic acids is 2. The lowest BCUT2D eigenvalue weighted by Crippen LogP contribution is -2.43. The van der Waals surface area contributed by atoms with Gasteiger partial charge in [-0.25, -0.2) is 9.78 Å². The van der Waals surface area contributed by atoms with Gasteiger partial charge >= 0.3 is 5.69 Å². The molecule has 0 radical (unpaired) electrons. The predicted molar refractivity (Wildman–Crippen MR) is 105 cm³/mol. The van der Waals surface area contributed by atoms with E-state index in [0.29, 0.717) is 17.7 Å². The van der Waals surface area contributed by atoms with E-state index in [-0.39, 0.29) is 23.7 Å². The Hall–Kier alpha value is -2.75. The van der Waals surface area contributed by atoms with Gasteiger partial charge in [0.1, 0.15) is 10.6 Å². The molecular weight excluding hydrogens is 382 g/mol. The average molecular weight is 405 g/mol. The van der Waals surface area contributed by atoms with Crippen LogP contribution in [0.25, 0.3) is 0 Å². The molecule has 0 saturated heterocycles. The fourth-order valence-electron chi connectivity index (χ4n) is 3.45. The number of hydrogen-bond donors (Lipinski definition) is 2. The Balaban J connectivity index is 1.63. The molecule has 1 aliphatic rings. The van der Waals surface area contributed by atoms with Crippen LogP contribution in [0, 0.1) is 13.8 Å². The summed E-state index contributed by atoms with van der Waals surface area (Å²) < 4.78 is 2.10. The largest absolute Gasteiger partial charge is 0.348 e. The van der Waals surface area contributed by atoms with Gasteiger partial charge in [0.05, 0.1) is 10.7 Å². The third kappa shape index (κ3) is 3.91. The van der Waals surface area contributed by atoms with Crippen LogP contribution in [0.4, 0.5) is 0 Å². The molecule has 0 spiro atoms. The van der Waals surface area contributed by atoms with E-state index in [4.69, 9.17) is 0 Å². The van der Waals surface area contributed by atoms with Crippen molar-refractivity contribution < 1.29 is 9.59 Å². The molecule has 0 aromatic carbocycles. The number of aryl methyl sites for hydroxylation is 2. The molecule has 9 nitrogen and oxygen atoms in total. The number of hydrogen-bond acceptors (Lipinski definition) is 6. The van der Waals surface area contributed by atoms with Crippen LogP contribution in [0.2, 0.25) is 0 Å². The number of carbonyl (C=O) groups is 2. The minimum Gasteiger partial charge on any atom is -0.348 e. The Labute approximate surface area is 165 Å². The van der Waals surface area contributed by atoms with Gasteiger partial charge in [0, 0.05) is 32.2 Å². The summed E-state index contributed by atoms with van der Waals surface area (Å²) in [6.07, 6.45) is 2.03. The summed E-state index contributed by atoms with van der Waals surface area (Å²) in [6.45, 7) is 3.67. The number of thiazole rings is 1. The number of rotatable bonds is 4. The average Bonchev–Trinajstić information content (AvgIpc) is 3.21. The first kappa shape index (κ1) is 20.0. The van der Waals surface area contributed by atoms with E-state index in [1.807, 2.05) is 13.8 Å². The van der Waals surface area contributed by atoms with Gasteiger partial charge in [-0.1, -0.05) is 0 Å². The van der Waals surface area contributed by atoms with Crippen LogP contribution in [0.5, 0.6) is 0 Å². The van der Waals surface area contributed by atoms with Gasteiger partial charge < -0.3 is 10.6 Å². The summed E-state index contributed by atoms with van der Waals surface area (Å²) in [4.78, 5) is 53.6. The zero-order chi connectivity index (χ0) is 20.6. The van der Waals surface area contributed by atoms with Crippen LogP contribution >= 0.6 is 11.3 Å². The molecule has 2 heterocycles. The molecule has 0 aliphatic heterocycles. The van der Waals surface area contributed by atoms with Gasteiger partial charge in [-0.3, -0.25) is 23.5 Å². The van der Waals surface area contributed by atoms with Gasteiger partial charge in [0.2, 0.25) is 0 Å². The quantitative estimate of drug-likeness (QED) is 0.756. The first-order valence-corrected chi connectivity index (χ1v) is 9.82. The van der Waals surface area contributed by atoms with Crippen molar-refractivity contribution >= 4 is 23.2 Å². The summed E-state index contributed by atoms with van der Waals surface area (Å²) in [5, 5.41) is 6.71. The lowest BCUT2D eigenvalue weighted by Gasteiger charge is -2.16. The van der Waals surface area contributed by atoms with E-state index in [1.165, 1.54) is 25.4 Å². The third-order valence-electron chi connectivity index (χ3n) is 4.97. The molecule has 1 aliphatic carbocycles. The smallest absolute Gasteiger partial charge is 0.331 e. The highest BCUT2D eigenvalue weighted by Gasteiger charge is 2.29. The first-order valence-electron chi connectivity index (χ1n) is 9.00. The summed E-state index contributed by atoms with van der Waals surface area (Å²) in [7, 11) is 2.82. The lowest BCUT2D eigenvalue weighted by molar-refractivity contribution is 0.0927. The van der Waals surface area contributed by atoms with Crippen LogP contribution < -0.4 is 21.9 Å². The Morgan fingerprint density at radius 1 is 1.07 bits per heavy atom. The molecular formula is C18H23N5O4S. The monoisotopic (exact) mass is 405 g/mol. The summed E-state index contributed by atoms with van der Waals surface area (Å²) in [5.41, 5.74) is -0.338.